The molecule has 0 aliphatic carbocycles. The number of aliphatic carboxylic acids is 2. The minimum atomic E-state index is -1.33. The number of nitrogens with one attached hydrogen (secondary N) is 2. The fraction of sp³-hybridized carbons (Fsp3) is 0.333. The van der Waals surface area contributed by atoms with Crippen LogP contribution in [0.15, 0.2) is 18.7 Å². The minimum absolute atomic E-state index is 0.208. The van der Waals surface area contributed by atoms with Gasteiger partial charge in [0, 0.05) is 12.1 Å². The van der Waals surface area contributed by atoms with E-state index in [0.717, 1.165) is 0 Å². The van der Waals surface area contributed by atoms with Crippen LogP contribution in [-0.2, 0) is 16.0 Å². The number of imidazole rings is 2. The molecular formula is C12H19N7O5. The van der Waals surface area contributed by atoms with Gasteiger partial charge in [-0.25, -0.2) is 9.97 Å². The van der Waals surface area contributed by atoms with Crippen molar-refractivity contribution in [2.75, 3.05) is 5.73 Å². The van der Waals surface area contributed by atoms with Crippen molar-refractivity contribution >= 4 is 17.9 Å². The van der Waals surface area contributed by atoms with Gasteiger partial charge in [0.1, 0.15) is 18.2 Å². The smallest absolute Gasteiger partial charge is 0.323 e. The highest BCUT2D eigenvalue weighted by molar-refractivity contribution is 5.74. The van der Waals surface area contributed by atoms with Crippen molar-refractivity contribution < 1.29 is 24.9 Å². The van der Waals surface area contributed by atoms with Crippen LogP contribution < -0.4 is 17.2 Å². The van der Waals surface area contributed by atoms with Crippen LogP contribution in [0.3, 0.4) is 0 Å². The number of anilines is 1. The Balaban J connectivity index is 0.000000240. The van der Waals surface area contributed by atoms with Gasteiger partial charge in [-0.15, -0.1) is 0 Å². The quantitative estimate of drug-likeness (QED) is 0.282. The van der Waals surface area contributed by atoms with E-state index < -0.39 is 30.1 Å². The molecule has 0 saturated carbocycles. The summed E-state index contributed by atoms with van der Waals surface area (Å²) < 4.78 is 0. The number of aliphatic hydroxyl groups is 1. The lowest BCUT2D eigenvalue weighted by Crippen LogP contribution is -2.36. The fourth-order valence-corrected chi connectivity index (χ4v) is 1.56. The summed E-state index contributed by atoms with van der Waals surface area (Å²) in [7, 11) is 0. The van der Waals surface area contributed by atoms with Gasteiger partial charge in [-0.3, -0.25) is 9.59 Å². The van der Waals surface area contributed by atoms with E-state index in [2.05, 4.69) is 19.9 Å². The first-order valence-electron chi connectivity index (χ1n) is 6.64. The van der Waals surface area contributed by atoms with Gasteiger partial charge in [0.05, 0.1) is 24.4 Å². The third kappa shape index (κ3) is 5.68. The van der Waals surface area contributed by atoms with Gasteiger partial charge in [-0.1, -0.05) is 0 Å². The lowest BCUT2D eigenvalue weighted by atomic mass is 10.1. The van der Waals surface area contributed by atoms with E-state index in [1.807, 2.05) is 0 Å². The predicted octanol–water partition coefficient (Wildman–Crippen LogP) is -2.20. The van der Waals surface area contributed by atoms with Crippen LogP contribution in [0.1, 0.15) is 17.5 Å². The maximum atomic E-state index is 10.3. The van der Waals surface area contributed by atoms with Crippen molar-refractivity contribution in [3.8, 4) is 0 Å². The molecule has 0 amide bonds. The largest absolute Gasteiger partial charge is 0.480 e. The topological polar surface area (TPSA) is 230 Å². The molecule has 3 unspecified atom stereocenters. The molecule has 0 aliphatic heterocycles. The number of nitrogens with two attached hydrogens (primary N) is 3. The summed E-state index contributed by atoms with van der Waals surface area (Å²) in [6, 6.07) is -2.24. The Morgan fingerprint density at radius 2 is 1.88 bits per heavy atom. The zero-order chi connectivity index (χ0) is 18.3. The second-order valence-corrected chi connectivity index (χ2v) is 4.76. The molecule has 11 N–H and O–H groups in total. The first kappa shape index (κ1) is 19.1. The molecule has 0 spiro atoms. The van der Waals surface area contributed by atoms with Crippen molar-refractivity contribution in [1.82, 2.24) is 19.9 Å². The molecule has 2 aromatic heterocycles. The molecule has 24 heavy (non-hydrogen) atoms. The Hall–Kier alpha value is -2.96. The Morgan fingerprint density at radius 1 is 1.21 bits per heavy atom. The van der Waals surface area contributed by atoms with E-state index >= 15 is 0 Å². The van der Waals surface area contributed by atoms with Crippen molar-refractivity contribution in [1.29, 1.82) is 0 Å². The SMILES string of the molecule is NC(C(=O)O)C(O)c1cnc[nH]1.Nc1ncc(CC(N)C(=O)O)[nH]1. The van der Waals surface area contributed by atoms with Gasteiger partial charge in [-0.05, 0) is 0 Å². The number of hydrogen-bond acceptors (Lipinski definition) is 8. The number of aromatic amines is 2. The number of aliphatic hydroxyl groups excluding tert-OH is 1. The van der Waals surface area contributed by atoms with Gasteiger partial charge in [-0.2, -0.15) is 0 Å². The standard InChI is InChI=1S/C6H10N4O2.C6H9N3O3/c7-4(5(11)12)1-3-2-9-6(8)10-3;7-4(6(11)12)5(10)3-1-8-2-9-3/h2,4H,1,7H2,(H,11,12)(H3,8,9,10);1-2,4-5,10H,7H2,(H,8,9)(H,11,12). The number of H-pyrrole nitrogens is 2. The monoisotopic (exact) mass is 341 g/mol. The lowest BCUT2D eigenvalue weighted by Gasteiger charge is -2.12. The number of aromatic nitrogens is 4. The average molecular weight is 341 g/mol. The van der Waals surface area contributed by atoms with Gasteiger partial charge in [0.2, 0.25) is 0 Å². The van der Waals surface area contributed by atoms with E-state index in [9.17, 15) is 14.7 Å². The van der Waals surface area contributed by atoms with E-state index in [-0.39, 0.29) is 12.4 Å². The normalized spacial score (nSPS) is 14.1. The predicted molar refractivity (Wildman–Crippen MR) is 81.5 cm³/mol. The van der Waals surface area contributed by atoms with Crippen molar-refractivity contribution in [3.05, 3.63) is 30.1 Å². The van der Waals surface area contributed by atoms with Crippen LogP contribution in [0.4, 0.5) is 5.95 Å². The lowest BCUT2D eigenvalue weighted by molar-refractivity contribution is -0.141. The van der Waals surface area contributed by atoms with Crippen molar-refractivity contribution in [2.45, 2.75) is 24.6 Å². The van der Waals surface area contributed by atoms with Crippen LogP contribution in [0.5, 0.6) is 0 Å². The third-order valence-corrected chi connectivity index (χ3v) is 2.87. The molecule has 2 aromatic rings. The Kier molecular flexibility index (Phi) is 6.85. The zero-order valence-electron chi connectivity index (χ0n) is 12.5. The van der Waals surface area contributed by atoms with E-state index in [1.165, 1.54) is 18.7 Å². The number of rotatable bonds is 6. The molecule has 0 fully saturated rings. The third-order valence-electron chi connectivity index (χ3n) is 2.87. The number of carboxylic acid groups (broad SMARTS) is 2. The molecule has 0 radical (unpaired) electrons. The molecule has 0 saturated heterocycles. The van der Waals surface area contributed by atoms with Gasteiger partial charge >= 0.3 is 11.9 Å². The molecule has 12 heteroatoms. The maximum Gasteiger partial charge on any atom is 0.323 e. The Bertz CT molecular complexity index is 657. The summed E-state index contributed by atoms with van der Waals surface area (Å²) in [4.78, 5) is 33.2. The highest BCUT2D eigenvalue weighted by Gasteiger charge is 2.24. The van der Waals surface area contributed by atoms with Crippen molar-refractivity contribution in [2.24, 2.45) is 11.5 Å². The van der Waals surface area contributed by atoms with Crippen LogP contribution >= 0.6 is 0 Å². The summed E-state index contributed by atoms with van der Waals surface area (Å²) in [6.45, 7) is 0. The van der Waals surface area contributed by atoms with E-state index in [4.69, 9.17) is 27.4 Å². The Morgan fingerprint density at radius 3 is 2.29 bits per heavy atom. The number of carboxylic acids is 2. The van der Waals surface area contributed by atoms with Crippen LogP contribution in [-0.4, -0.2) is 59.3 Å². The molecule has 3 atom stereocenters. The average Bonchev–Trinajstić information content (AvgIpc) is 3.18. The van der Waals surface area contributed by atoms with Gasteiger partial charge in [0.25, 0.3) is 0 Å². The summed E-state index contributed by atoms with van der Waals surface area (Å²) >= 11 is 0. The molecule has 2 rings (SSSR count). The number of nitrogen functional groups attached to an aromatic ring is 1. The molecule has 132 valence electrons. The van der Waals surface area contributed by atoms with Crippen LogP contribution in [0.2, 0.25) is 0 Å². The Labute approximate surface area is 135 Å². The van der Waals surface area contributed by atoms with Gasteiger partial charge in [0.15, 0.2) is 5.95 Å². The fourth-order valence-electron chi connectivity index (χ4n) is 1.56. The summed E-state index contributed by atoms with van der Waals surface area (Å²) in [6.07, 6.45) is 3.10. The van der Waals surface area contributed by atoms with Crippen LogP contribution in [0, 0.1) is 0 Å². The second kappa shape index (κ2) is 8.61. The van der Waals surface area contributed by atoms with Crippen LogP contribution in [0.25, 0.3) is 0 Å². The molecule has 0 bridgehead atoms. The molecular weight excluding hydrogens is 322 g/mol. The highest BCUT2D eigenvalue weighted by Crippen LogP contribution is 2.11. The molecule has 0 aliphatic rings. The maximum absolute atomic E-state index is 10.3. The van der Waals surface area contributed by atoms with Crippen molar-refractivity contribution in [3.63, 3.8) is 0 Å². The summed E-state index contributed by atoms with van der Waals surface area (Å²) in [5.74, 6) is -2.03. The summed E-state index contributed by atoms with van der Waals surface area (Å²) in [5, 5.41) is 26.2. The minimum Gasteiger partial charge on any atom is -0.480 e. The molecule has 12 nitrogen and oxygen atoms in total. The highest BCUT2D eigenvalue weighted by atomic mass is 16.4. The van der Waals surface area contributed by atoms with E-state index in [1.54, 1.807) is 0 Å². The molecule has 2 heterocycles. The summed E-state index contributed by atoms with van der Waals surface area (Å²) in [5.41, 5.74) is 16.6. The zero-order valence-corrected chi connectivity index (χ0v) is 12.5. The first-order chi connectivity index (χ1) is 11.2. The first-order valence-corrected chi connectivity index (χ1v) is 6.64. The number of carbonyl (C=O) groups is 2. The molecule has 0 aromatic carbocycles. The second-order valence-electron chi connectivity index (χ2n) is 4.76. The van der Waals surface area contributed by atoms with Gasteiger partial charge < -0.3 is 42.5 Å². The number of nitrogens with zero attached hydrogens (tertiary/aromatic N) is 2. The number of hydrogen-bond donors (Lipinski definition) is 8. The van der Waals surface area contributed by atoms with E-state index in [0.29, 0.717) is 11.4 Å².